The minimum Gasteiger partial charge on any atom is -0.502 e. The maximum atomic E-state index is 13.1. The minimum atomic E-state index is -1.61. The molecule has 8 heteroatoms. The number of carbonyl (C=O) groups is 2. The molecule has 1 amide bonds. The van der Waals surface area contributed by atoms with E-state index in [1.807, 2.05) is 0 Å². The van der Waals surface area contributed by atoms with Gasteiger partial charge in [0.15, 0.2) is 0 Å². The van der Waals surface area contributed by atoms with Gasteiger partial charge >= 0.3 is 5.97 Å². The highest BCUT2D eigenvalue weighted by atomic mass is 35.5. The van der Waals surface area contributed by atoms with Crippen LogP contribution in [0.2, 0.25) is 5.02 Å². The highest BCUT2D eigenvalue weighted by Crippen LogP contribution is 2.26. The second kappa shape index (κ2) is 9.05. The largest absolute Gasteiger partial charge is 0.502 e. The fourth-order valence-electron chi connectivity index (χ4n) is 2.32. The number of halogens is 2. The summed E-state index contributed by atoms with van der Waals surface area (Å²) in [5, 5.41) is 18.5. The number of carboxylic acid groups (broad SMARTS) is 1. The number of benzene rings is 2. The number of aliphatic hydroxyl groups excluding tert-OH is 1. The van der Waals surface area contributed by atoms with Crippen LogP contribution in [0.5, 0.6) is 5.75 Å². The zero-order valence-electron chi connectivity index (χ0n) is 14.4. The quantitative estimate of drug-likeness (QED) is 0.555. The zero-order chi connectivity index (χ0) is 20.0. The molecule has 2 aromatic rings. The molecule has 0 heterocycles. The number of hydrogen-bond acceptors (Lipinski definition) is 4. The van der Waals surface area contributed by atoms with Gasteiger partial charge in [-0.25, -0.2) is 9.18 Å². The van der Waals surface area contributed by atoms with Gasteiger partial charge in [-0.05, 0) is 35.4 Å². The van der Waals surface area contributed by atoms with Gasteiger partial charge in [-0.3, -0.25) is 4.79 Å². The maximum absolute atomic E-state index is 13.1. The molecule has 0 unspecified atom stereocenters. The van der Waals surface area contributed by atoms with Gasteiger partial charge in [0.2, 0.25) is 5.76 Å². The number of aliphatic carboxylic acids is 1. The van der Waals surface area contributed by atoms with Crippen molar-refractivity contribution in [3.05, 3.63) is 76.3 Å². The molecule has 0 aliphatic rings. The van der Waals surface area contributed by atoms with Gasteiger partial charge in [0.05, 0.1) is 18.2 Å². The van der Waals surface area contributed by atoms with Crippen LogP contribution in [-0.4, -0.2) is 34.1 Å². The Morgan fingerprint density at radius 3 is 2.26 bits per heavy atom. The van der Waals surface area contributed by atoms with Gasteiger partial charge in [0, 0.05) is 13.1 Å². The van der Waals surface area contributed by atoms with Crippen LogP contribution in [0.3, 0.4) is 0 Å². The second-order valence-corrected chi connectivity index (χ2v) is 6.03. The summed E-state index contributed by atoms with van der Waals surface area (Å²) >= 11 is 6.10. The average molecular weight is 394 g/mol. The van der Waals surface area contributed by atoms with Crippen molar-refractivity contribution in [2.75, 3.05) is 7.11 Å². The molecule has 0 radical (unpaired) electrons. The Hall–Kier alpha value is -3.06. The first-order chi connectivity index (χ1) is 12.8. The van der Waals surface area contributed by atoms with Crippen LogP contribution in [0, 0.1) is 5.82 Å². The van der Waals surface area contributed by atoms with Crippen molar-refractivity contribution >= 4 is 23.5 Å². The van der Waals surface area contributed by atoms with E-state index in [0.29, 0.717) is 28.0 Å². The van der Waals surface area contributed by atoms with Crippen molar-refractivity contribution in [3.8, 4) is 5.75 Å². The molecule has 2 N–H and O–H groups in total. The summed E-state index contributed by atoms with van der Waals surface area (Å²) in [6.45, 7) is 0.162. The summed E-state index contributed by atoms with van der Waals surface area (Å²) in [5.74, 6) is -3.34. The normalized spacial score (nSPS) is 11.1. The van der Waals surface area contributed by atoms with Crippen molar-refractivity contribution in [1.29, 1.82) is 0 Å². The van der Waals surface area contributed by atoms with Crippen LogP contribution >= 0.6 is 11.6 Å². The summed E-state index contributed by atoms with van der Waals surface area (Å²) in [6, 6.07) is 10.5. The zero-order valence-corrected chi connectivity index (χ0v) is 15.1. The van der Waals surface area contributed by atoms with Crippen LogP contribution in [-0.2, 0) is 22.7 Å². The molecule has 0 aliphatic carbocycles. The summed E-state index contributed by atoms with van der Waals surface area (Å²) in [7, 11) is 1.48. The highest BCUT2D eigenvalue weighted by Gasteiger charge is 2.17. The third-order valence-electron chi connectivity index (χ3n) is 3.67. The Labute approximate surface area is 160 Å². The molecular formula is C19H17ClFNO5. The Kier molecular flexibility index (Phi) is 6.79. The summed E-state index contributed by atoms with van der Waals surface area (Å²) in [6.07, 6.45) is 0.622. The van der Waals surface area contributed by atoms with Crippen molar-refractivity contribution in [2.45, 2.75) is 13.1 Å². The molecule has 0 bridgehead atoms. The first-order valence-corrected chi connectivity index (χ1v) is 8.17. The minimum absolute atomic E-state index is 0.0756. The maximum Gasteiger partial charge on any atom is 0.371 e. The fourth-order valence-corrected chi connectivity index (χ4v) is 2.60. The fraction of sp³-hybridized carbons (Fsp3) is 0.158. The van der Waals surface area contributed by atoms with E-state index in [9.17, 15) is 19.1 Å². The smallest absolute Gasteiger partial charge is 0.371 e. The molecule has 0 aliphatic heterocycles. The molecule has 2 aromatic carbocycles. The Morgan fingerprint density at radius 2 is 1.70 bits per heavy atom. The SMILES string of the molecule is COc1ccc(CN(Cc2ccc(F)cc2)C(=O)C=C(O)C(=O)O)cc1Cl. The monoisotopic (exact) mass is 393 g/mol. The van der Waals surface area contributed by atoms with E-state index in [2.05, 4.69) is 0 Å². The van der Waals surface area contributed by atoms with Gasteiger partial charge in [-0.15, -0.1) is 0 Å². The van der Waals surface area contributed by atoms with Crippen LogP contribution < -0.4 is 4.74 Å². The van der Waals surface area contributed by atoms with Gasteiger partial charge < -0.3 is 19.8 Å². The number of amides is 1. The standard InChI is InChI=1S/C19H17ClFNO5/c1-27-17-7-4-13(8-15(17)20)11-22(18(24)9-16(23)19(25)26)10-12-2-5-14(21)6-3-12/h2-9,23H,10-11H2,1H3,(H,25,26). The van der Waals surface area contributed by atoms with E-state index in [0.717, 1.165) is 0 Å². The Morgan fingerprint density at radius 1 is 1.11 bits per heavy atom. The average Bonchev–Trinajstić information content (AvgIpc) is 2.63. The van der Waals surface area contributed by atoms with E-state index < -0.39 is 23.5 Å². The van der Waals surface area contributed by atoms with Crippen LogP contribution in [0.25, 0.3) is 0 Å². The van der Waals surface area contributed by atoms with E-state index in [1.54, 1.807) is 18.2 Å². The Bertz CT molecular complexity index is 867. The summed E-state index contributed by atoms with van der Waals surface area (Å²) in [5.41, 5.74) is 1.30. The molecule has 27 heavy (non-hydrogen) atoms. The van der Waals surface area contributed by atoms with Gasteiger partial charge in [-0.1, -0.05) is 29.8 Å². The van der Waals surface area contributed by atoms with E-state index in [4.69, 9.17) is 21.4 Å². The number of carboxylic acids is 1. The lowest BCUT2D eigenvalue weighted by atomic mass is 10.1. The predicted octanol–water partition coefficient (Wildman–Crippen LogP) is 3.54. The first-order valence-electron chi connectivity index (χ1n) is 7.80. The summed E-state index contributed by atoms with van der Waals surface area (Å²) in [4.78, 5) is 24.5. The summed E-state index contributed by atoms with van der Waals surface area (Å²) < 4.78 is 18.2. The lowest BCUT2D eigenvalue weighted by Gasteiger charge is -2.22. The van der Waals surface area contributed by atoms with E-state index in [-0.39, 0.29) is 13.1 Å². The number of methoxy groups -OCH3 is 1. The third kappa shape index (κ3) is 5.72. The molecular weight excluding hydrogens is 377 g/mol. The third-order valence-corrected chi connectivity index (χ3v) is 3.96. The molecule has 0 spiro atoms. The van der Waals surface area contributed by atoms with E-state index in [1.165, 1.54) is 36.3 Å². The van der Waals surface area contributed by atoms with Gasteiger partial charge in [-0.2, -0.15) is 0 Å². The van der Waals surface area contributed by atoms with Crippen LogP contribution in [0.15, 0.2) is 54.3 Å². The topological polar surface area (TPSA) is 87.1 Å². The number of nitrogens with zero attached hydrogens (tertiary/aromatic N) is 1. The van der Waals surface area contributed by atoms with Crippen molar-refractivity contribution in [3.63, 3.8) is 0 Å². The molecule has 6 nitrogen and oxygen atoms in total. The molecule has 0 fully saturated rings. The Balaban J connectivity index is 2.29. The van der Waals surface area contributed by atoms with Crippen LogP contribution in [0.4, 0.5) is 4.39 Å². The van der Waals surface area contributed by atoms with Crippen molar-refractivity contribution < 1.29 is 28.9 Å². The molecule has 142 valence electrons. The van der Waals surface area contributed by atoms with Gasteiger partial charge in [0.25, 0.3) is 5.91 Å². The van der Waals surface area contributed by atoms with Crippen molar-refractivity contribution in [1.82, 2.24) is 4.90 Å². The number of rotatable bonds is 7. The van der Waals surface area contributed by atoms with Crippen molar-refractivity contribution in [2.24, 2.45) is 0 Å². The highest BCUT2D eigenvalue weighted by molar-refractivity contribution is 6.32. The molecule has 0 saturated heterocycles. The molecule has 2 rings (SSSR count). The number of ether oxygens (including phenoxy) is 1. The number of aliphatic hydroxyl groups is 1. The first kappa shape index (κ1) is 20.3. The molecule has 0 aromatic heterocycles. The number of carbonyl (C=O) groups excluding carboxylic acids is 1. The number of hydrogen-bond donors (Lipinski definition) is 2. The lowest BCUT2D eigenvalue weighted by molar-refractivity contribution is -0.136. The second-order valence-electron chi connectivity index (χ2n) is 5.62. The lowest BCUT2D eigenvalue weighted by Crippen LogP contribution is -2.29. The van der Waals surface area contributed by atoms with Gasteiger partial charge in [0.1, 0.15) is 11.6 Å². The predicted molar refractivity (Wildman–Crippen MR) is 97.0 cm³/mol. The molecule has 0 atom stereocenters. The van der Waals surface area contributed by atoms with Crippen LogP contribution in [0.1, 0.15) is 11.1 Å². The molecule has 0 saturated carbocycles. The van der Waals surface area contributed by atoms with E-state index >= 15 is 0 Å².